The van der Waals surface area contributed by atoms with Crippen molar-refractivity contribution in [3.63, 3.8) is 0 Å². The molecule has 12 heteroatoms. The Balaban J connectivity index is 0.00000544. The van der Waals surface area contributed by atoms with Gasteiger partial charge in [0, 0.05) is 12.1 Å². The molecule has 2 atom stereocenters. The van der Waals surface area contributed by atoms with Crippen molar-refractivity contribution < 1.29 is 71.4 Å². The van der Waals surface area contributed by atoms with E-state index in [-0.39, 0.29) is 36.1 Å². The number of carboxylic acids is 1. The fraction of sp³-hybridized carbons (Fsp3) is 0.286. The van der Waals surface area contributed by atoms with E-state index in [4.69, 9.17) is 28.2 Å². The molecule has 0 aromatic heterocycles. The van der Waals surface area contributed by atoms with Gasteiger partial charge in [-0.1, -0.05) is 6.07 Å². The predicted molar refractivity (Wildman–Crippen MR) is 117 cm³/mol. The van der Waals surface area contributed by atoms with Gasteiger partial charge in [0.1, 0.15) is 35.6 Å². The van der Waals surface area contributed by atoms with Crippen LogP contribution >= 0.6 is 0 Å². The zero-order valence-electron chi connectivity index (χ0n) is 18.9. The molecule has 0 aliphatic rings. The smallest absolute Gasteiger partial charge is 0.750 e. The second-order valence-corrected chi connectivity index (χ2v) is 6.83. The molecule has 10 nitrogen and oxygen atoms in total. The molecule has 0 saturated heterocycles. The SMILES string of the molecule is COc1cc(OC)c(/C=C/C(OS(=O)[O-])c2ccc(OC)c(NCC(=O)O)c2)c(OC)c1.[Na+]. The third kappa shape index (κ3) is 8.22. The quantitative estimate of drug-likeness (QED) is 0.304. The van der Waals surface area contributed by atoms with Crippen LogP contribution in [0.3, 0.4) is 0 Å². The van der Waals surface area contributed by atoms with Crippen LogP contribution in [0.2, 0.25) is 0 Å². The molecule has 33 heavy (non-hydrogen) atoms. The van der Waals surface area contributed by atoms with Gasteiger partial charge in [0.2, 0.25) is 0 Å². The Hall–Kier alpha value is -2.28. The molecule has 0 aliphatic heterocycles. The van der Waals surface area contributed by atoms with Crippen molar-refractivity contribution in [3.8, 4) is 23.0 Å². The predicted octanol–water partition coefficient (Wildman–Crippen LogP) is -0.213. The zero-order chi connectivity index (χ0) is 23.7. The first kappa shape index (κ1) is 28.8. The van der Waals surface area contributed by atoms with Crippen LogP contribution in [0.5, 0.6) is 23.0 Å². The molecule has 2 aromatic rings. The Morgan fingerprint density at radius 2 is 1.67 bits per heavy atom. The summed E-state index contributed by atoms with van der Waals surface area (Å²) in [6, 6.07) is 8.05. The van der Waals surface area contributed by atoms with Gasteiger partial charge in [0.25, 0.3) is 0 Å². The van der Waals surface area contributed by atoms with Crippen LogP contribution in [0, 0.1) is 0 Å². The molecular formula is C21H24NNaO9S. The van der Waals surface area contributed by atoms with Gasteiger partial charge in [-0.3, -0.25) is 8.98 Å². The molecule has 2 aromatic carbocycles. The fourth-order valence-corrected chi connectivity index (χ4v) is 3.22. The second-order valence-electron chi connectivity index (χ2n) is 6.23. The first-order valence-corrected chi connectivity index (χ1v) is 10.2. The van der Waals surface area contributed by atoms with E-state index in [0.717, 1.165) is 0 Å². The van der Waals surface area contributed by atoms with E-state index in [1.165, 1.54) is 34.5 Å². The molecule has 0 saturated carbocycles. The van der Waals surface area contributed by atoms with Gasteiger partial charge in [-0.05, 0) is 29.8 Å². The minimum Gasteiger partial charge on any atom is -0.750 e. The number of carboxylic acid groups (broad SMARTS) is 1. The van der Waals surface area contributed by atoms with E-state index >= 15 is 0 Å². The molecule has 2 N–H and O–H groups in total. The minimum absolute atomic E-state index is 0. The van der Waals surface area contributed by atoms with E-state index in [0.29, 0.717) is 39.8 Å². The van der Waals surface area contributed by atoms with Crippen molar-refractivity contribution in [2.45, 2.75) is 6.10 Å². The summed E-state index contributed by atoms with van der Waals surface area (Å²) in [7, 11) is 5.91. The van der Waals surface area contributed by atoms with Crippen molar-refractivity contribution in [1.82, 2.24) is 0 Å². The van der Waals surface area contributed by atoms with Crippen LogP contribution in [0.4, 0.5) is 5.69 Å². The normalized spacial score (nSPS) is 12.4. The summed E-state index contributed by atoms with van der Waals surface area (Å²) in [6.07, 6.45) is 2.08. The number of aliphatic carboxylic acids is 1. The summed E-state index contributed by atoms with van der Waals surface area (Å²) in [5.74, 6) is 0.730. The van der Waals surface area contributed by atoms with Crippen molar-refractivity contribution in [2.75, 3.05) is 40.3 Å². The third-order valence-corrected chi connectivity index (χ3v) is 4.72. The average molecular weight is 489 g/mol. The summed E-state index contributed by atoms with van der Waals surface area (Å²) >= 11 is -2.83. The Labute approximate surface area is 216 Å². The van der Waals surface area contributed by atoms with E-state index in [1.807, 2.05) is 0 Å². The maximum Gasteiger partial charge on any atom is 1.00 e. The number of carbonyl (C=O) groups is 1. The molecule has 174 valence electrons. The van der Waals surface area contributed by atoms with Gasteiger partial charge in [0.15, 0.2) is 0 Å². The van der Waals surface area contributed by atoms with Crippen molar-refractivity contribution in [2.24, 2.45) is 0 Å². The van der Waals surface area contributed by atoms with Crippen molar-refractivity contribution in [1.29, 1.82) is 0 Å². The summed E-state index contributed by atoms with van der Waals surface area (Å²) < 4.78 is 48.9. The molecule has 0 radical (unpaired) electrons. The van der Waals surface area contributed by atoms with Crippen LogP contribution in [-0.2, 0) is 20.3 Å². The number of methoxy groups -OCH3 is 4. The molecule has 0 aliphatic carbocycles. The number of ether oxygens (including phenoxy) is 4. The third-order valence-electron chi connectivity index (χ3n) is 4.36. The Bertz CT molecular complexity index is 975. The number of anilines is 1. The molecule has 0 bridgehead atoms. The van der Waals surface area contributed by atoms with Crippen molar-refractivity contribution >= 4 is 29.1 Å². The van der Waals surface area contributed by atoms with E-state index in [2.05, 4.69) is 5.32 Å². The van der Waals surface area contributed by atoms with E-state index in [1.54, 1.807) is 36.4 Å². The van der Waals surface area contributed by atoms with E-state index < -0.39 is 23.4 Å². The zero-order valence-corrected chi connectivity index (χ0v) is 21.8. The number of hydrogen-bond donors (Lipinski definition) is 2. The first-order chi connectivity index (χ1) is 15.3. The Kier molecular flexibility index (Phi) is 12.3. The van der Waals surface area contributed by atoms with E-state index in [9.17, 15) is 13.6 Å². The standard InChI is InChI=1S/C21H25NO9S.Na/c1-27-14-10-19(29-3)15(20(11-14)30-4)6-8-17(31-32(25)26)13-5-7-18(28-2)16(9-13)22-12-21(23)24;/h5-11,17,22H,12H2,1-4H3,(H,23,24)(H,25,26);/q;+1/p-1/b8-6+;. The number of hydrogen-bond acceptors (Lipinski definition) is 9. The van der Waals surface area contributed by atoms with Gasteiger partial charge in [-0.25, -0.2) is 4.21 Å². The summed E-state index contributed by atoms with van der Waals surface area (Å²) in [4.78, 5) is 10.9. The molecule has 2 unspecified atom stereocenters. The molecular weight excluding hydrogens is 465 g/mol. The molecule has 0 amide bonds. The fourth-order valence-electron chi connectivity index (χ4n) is 2.88. The summed E-state index contributed by atoms with van der Waals surface area (Å²) in [5, 5.41) is 11.7. The minimum atomic E-state index is -2.83. The molecule has 0 spiro atoms. The van der Waals surface area contributed by atoms with Crippen molar-refractivity contribution in [3.05, 3.63) is 47.5 Å². The maximum absolute atomic E-state index is 11.3. The van der Waals surface area contributed by atoms with Gasteiger partial charge in [0.05, 0.1) is 51.1 Å². The Morgan fingerprint density at radius 1 is 1.06 bits per heavy atom. The molecule has 2 rings (SSSR count). The van der Waals surface area contributed by atoms with Gasteiger partial charge in [-0.2, -0.15) is 0 Å². The second kappa shape index (κ2) is 14.1. The Morgan fingerprint density at radius 3 is 2.15 bits per heavy atom. The molecule has 0 fully saturated rings. The maximum atomic E-state index is 11.3. The number of benzene rings is 2. The van der Waals surface area contributed by atoms with Gasteiger partial charge >= 0.3 is 35.5 Å². The number of rotatable bonds is 12. The van der Waals surface area contributed by atoms with Crippen LogP contribution in [0.1, 0.15) is 17.2 Å². The average Bonchev–Trinajstić information content (AvgIpc) is 2.79. The van der Waals surface area contributed by atoms with Crippen LogP contribution in [0.25, 0.3) is 6.08 Å². The topological polar surface area (TPSA) is 136 Å². The van der Waals surface area contributed by atoms with Crippen LogP contribution < -0.4 is 53.8 Å². The van der Waals surface area contributed by atoms with Crippen LogP contribution in [-0.4, -0.2) is 54.8 Å². The monoisotopic (exact) mass is 489 g/mol. The van der Waals surface area contributed by atoms with Crippen LogP contribution in [0.15, 0.2) is 36.4 Å². The molecule has 0 heterocycles. The summed E-state index contributed by atoms with van der Waals surface area (Å²) in [5.41, 5.74) is 1.34. The largest absolute Gasteiger partial charge is 1.00 e. The van der Waals surface area contributed by atoms with Gasteiger partial charge in [-0.15, -0.1) is 0 Å². The van der Waals surface area contributed by atoms with Gasteiger partial charge < -0.3 is 33.9 Å². The summed E-state index contributed by atoms with van der Waals surface area (Å²) in [6.45, 7) is -0.352. The number of nitrogens with one attached hydrogen (secondary N) is 1. The first-order valence-electron chi connectivity index (χ1n) is 9.21.